The largest absolute Gasteiger partial charge is 0.305 e. The first kappa shape index (κ1) is 13.9. The lowest BCUT2D eigenvalue weighted by Gasteiger charge is -2.21. The summed E-state index contributed by atoms with van der Waals surface area (Å²) in [6, 6.07) is -0.306. The Kier molecular flexibility index (Phi) is 5.35. The van der Waals surface area contributed by atoms with Crippen LogP contribution in [-0.4, -0.2) is 35.3 Å². The summed E-state index contributed by atoms with van der Waals surface area (Å²) in [6.45, 7) is 6.60. The van der Waals surface area contributed by atoms with Crippen molar-refractivity contribution in [2.75, 3.05) is 6.54 Å². The molecule has 96 valence electrons. The Balaban J connectivity index is 2.49. The Morgan fingerprint density at radius 2 is 2.24 bits per heavy atom. The molecule has 2 unspecified atom stereocenters. The second-order valence-electron chi connectivity index (χ2n) is 4.43. The lowest BCUT2D eigenvalue weighted by molar-refractivity contribution is -0.141. The molecule has 1 rings (SSSR count). The van der Waals surface area contributed by atoms with Crippen LogP contribution in [0.1, 0.15) is 40.0 Å². The van der Waals surface area contributed by atoms with Gasteiger partial charge in [-0.15, -0.1) is 0 Å². The quantitative estimate of drug-likeness (QED) is 0.433. The van der Waals surface area contributed by atoms with Gasteiger partial charge >= 0.3 is 0 Å². The van der Waals surface area contributed by atoms with Gasteiger partial charge in [0.15, 0.2) is 0 Å². The third-order valence-corrected chi connectivity index (χ3v) is 3.15. The van der Waals surface area contributed by atoms with Gasteiger partial charge < -0.3 is 5.32 Å². The molecular formula is C13H22N2O2. The van der Waals surface area contributed by atoms with Gasteiger partial charge in [-0.05, 0) is 33.2 Å². The molecule has 1 aliphatic heterocycles. The number of likely N-dealkylation sites (tertiary alicyclic amines) is 1. The molecule has 0 aliphatic carbocycles. The number of rotatable bonds is 6. The van der Waals surface area contributed by atoms with Gasteiger partial charge in [-0.1, -0.05) is 19.1 Å². The van der Waals surface area contributed by atoms with Crippen molar-refractivity contribution in [2.45, 2.75) is 52.1 Å². The third kappa shape index (κ3) is 3.40. The van der Waals surface area contributed by atoms with Crippen molar-refractivity contribution >= 4 is 11.8 Å². The fourth-order valence-corrected chi connectivity index (χ4v) is 1.96. The lowest BCUT2D eigenvalue weighted by atomic mass is 10.2. The summed E-state index contributed by atoms with van der Waals surface area (Å²) < 4.78 is 0. The van der Waals surface area contributed by atoms with Crippen LogP contribution >= 0.6 is 0 Å². The van der Waals surface area contributed by atoms with E-state index in [4.69, 9.17) is 0 Å². The van der Waals surface area contributed by atoms with Gasteiger partial charge in [0.1, 0.15) is 0 Å². The zero-order valence-corrected chi connectivity index (χ0v) is 10.9. The molecule has 1 saturated heterocycles. The Morgan fingerprint density at radius 1 is 1.53 bits per heavy atom. The van der Waals surface area contributed by atoms with Crippen molar-refractivity contribution < 1.29 is 9.59 Å². The normalized spacial score (nSPS) is 22.8. The summed E-state index contributed by atoms with van der Waals surface area (Å²) in [5.41, 5.74) is 0. The molecule has 4 heteroatoms. The Labute approximate surface area is 103 Å². The van der Waals surface area contributed by atoms with Gasteiger partial charge in [0, 0.05) is 6.04 Å². The van der Waals surface area contributed by atoms with Crippen molar-refractivity contribution in [1.29, 1.82) is 0 Å². The molecule has 0 saturated carbocycles. The van der Waals surface area contributed by atoms with Gasteiger partial charge in [-0.25, -0.2) is 0 Å². The second-order valence-corrected chi connectivity index (χ2v) is 4.43. The average molecular weight is 238 g/mol. The summed E-state index contributed by atoms with van der Waals surface area (Å²) in [7, 11) is 0. The number of hydrogen-bond acceptors (Lipinski definition) is 3. The van der Waals surface area contributed by atoms with Gasteiger partial charge in [-0.2, -0.15) is 0 Å². The van der Waals surface area contributed by atoms with E-state index >= 15 is 0 Å². The van der Waals surface area contributed by atoms with Crippen LogP contribution in [0.2, 0.25) is 0 Å². The number of carbonyl (C=O) groups is 2. The van der Waals surface area contributed by atoms with E-state index in [1.54, 1.807) is 0 Å². The number of amides is 2. The number of nitrogens with zero attached hydrogens (tertiary/aromatic N) is 1. The number of hydrogen-bond donors (Lipinski definition) is 1. The molecule has 17 heavy (non-hydrogen) atoms. The summed E-state index contributed by atoms with van der Waals surface area (Å²) in [4.78, 5) is 25.2. The molecule has 0 aromatic carbocycles. The maximum absolute atomic E-state index is 12.0. The van der Waals surface area contributed by atoms with E-state index in [9.17, 15) is 9.59 Å². The van der Waals surface area contributed by atoms with Crippen LogP contribution < -0.4 is 5.32 Å². The van der Waals surface area contributed by atoms with Crippen LogP contribution in [0.3, 0.4) is 0 Å². The standard InChI is InChI=1S/C13H22N2O2/c1-4-6-7-8-14-11-9-12(16)15(13(11)17)10(3)5-2/h4,6,10-11,14H,5,7-9H2,1-3H3/b6-4+. The highest BCUT2D eigenvalue weighted by Crippen LogP contribution is 2.17. The second kappa shape index (κ2) is 6.55. The van der Waals surface area contributed by atoms with Crippen LogP contribution in [0.15, 0.2) is 12.2 Å². The van der Waals surface area contributed by atoms with Gasteiger partial charge in [-0.3, -0.25) is 14.5 Å². The topological polar surface area (TPSA) is 49.4 Å². The minimum absolute atomic E-state index is 0.0114. The van der Waals surface area contributed by atoms with Crippen molar-refractivity contribution in [3.05, 3.63) is 12.2 Å². The SMILES string of the molecule is C/C=C/CCNC1CC(=O)N(C(C)CC)C1=O. The molecule has 1 N–H and O–H groups in total. The Morgan fingerprint density at radius 3 is 2.82 bits per heavy atom. The van der Waals surface area contributed by atoms with Crippen molar-refractivity contribution in [3.8, 4) is 0 Å². The predicted molar refractivity (Wildman–Crippen MR) is 67.4 cm³/mol. The zero-order valence-electron chi connectivity index (χ0n) is 10.9. The van der Waals surface area contributed by atoms with Crippen LogP contribution in [0.5, 0.6) is 0 Å². The van der Waals surface area contributed by atoms with E-state index in [2.05, 4.69) is 5.32 Å². The van der Waals surface area contributed by atoms with Crippen LogP contribution in [0.4, 0.5) is 0 Å². The molecular weight excluding hydrogens is 216 g/mol. The number of allylic oxidation sites excluding steroid dienone is 1. The number of imide groups is 1. The van der Waals surface area contributed by atoms with Crippen LogP contribution in [0, 0.1) is 0 Å². The molecule has 0 radical (unpaired) electrons. The van der Waals surface area contributed by atoms with E-state index in [1.165, 1.54) is 4.90 Å². The van der Waals surface area contributed by atoms with Crippen molar-refractivity contribution in [1.82, 2.24) is 10.2 Å². The predicted octanol–water partition coefficient (Wildman–Crippen LogP) is 1.47. The first-order valence-corrected chi connectivity index (χ1v) is 6.32. The summed E-state index contributed by atoms with van der Waals surface area (Å²) in [6.07, 6.45) is 6.02. The van der Waals surface area contributed by atoms with Crippen molar-refractivity contribution in [2.24, 2.45) is 0 Å². The monoisotopic (exact) mass is 238 g/mol. The van der Waals surface area contributed by atoms with Crippen LogP contribution in [-0.2, 0) is 9.59 Å². The lowest BCUT2D eigenvalue weighted by Crippen LogP contribution is -2.42. The maximum Gasteiger partial charge on any atom is 0.247 e. The molecule has 1 aliphatic rings. The van der Waals surface area contributed by atoms with E-state index in [-0.39, 0.29) is 23.9 Å². The number of nitrogens with one attached hydrogen (secondary N) is 1. The Hall–Kier alpha value is -1.16. The number of carbonyl (C=O) groups excluding carboxylic acids is 2. The van der Waals surface area contributed by atoms with Crippen LogP contribution in [0.25, 0.3) is 0 Å². The summed E-state index contributed by atoms with van der Waals surface area (Å²) >= 11 is 0. The molecule has 4 nitrogen and oxygen atoms in total. The van der Waals surface area contributed by atoms with Gasteiger partial charge in [0.2, 0.25) is 11.8 Å². The maximum atomic E-state index is 12.0. The molecule has 2 atom stereocenters. The third-order valence-electron chi connectivity index (χ3n) is 3.15. The van der Waals surface area contributed by atoms with E-state index in [0.29, 0.717) is 6.42 Å². The average Bonchev–Trinajstić information content (AvgIpc) is 2.59. The van der Waals surface area contributed by atoms with Gasteiger partial charge in [0.05, 0.1) is 12.5 Å². The van der Waals surface area contributed by atoms with Gasteiger partial charge in [0.25, 0.3) is 0 Å². The summed E-state index contributed by atoms with van der Waals surface area (Å²) in [5.74, 6) is -0.113. The summed E-state index contributed by atoms with van der Waals surface area (Å²) in [5, 5.41) is 3.14. The molecule has 2 amide bonds. The minimum atomic E-state index is -0.318. The molecule has 0 bridgehead atoms. The van der Waals surface area contributed by atoms with E-state index in [1.807, 2.05) is 32.9 Å². The highest BCUT2D eigenvalue weighted by molar-refractivity contribution is 6.05. The first-order valence-electron chi connectivity index (χ1n) is 6.32. The molecule has 0 spiro atoms. The highest BCUT2D eigenvalue weighted by Gasteiger charge is 2.39. The van der Waals surface area contributed by atoms with Crippen molar-refractivity contribution in [3.63, 3.8) is 0 Å². The smallest absolute Gasteiger partial charge is 0.247 e. The molecule has 1 heterocycles. The zero-order chi connectivity index (χ0) is 12.8. The van der Waals surface area contributed by atoms with E-state index < -0.39 is 0 Å². The van der Waals surface area contributed by atoms with E-state index in [0.717, 1.165) is 19.4 Å². The molecule has 1 fully saturated rings. The fraction of sp³-hybridized carbons (Fsp3) is 0.692. The fourth-order valence-electron chi connectivity index (χ4n) is 1.96. The first-order chi connectivity index (χ1) is 8.11. The highest BCUT2D eigenvalue weighted by atomic mass is 16.2. The molecule has 0 aromatic rings. The Bertz CT molecular complexity index is 313. The minimum Gasteiger partial charge on any atom is -0.305 e. The molecule has 0 aromatic heterocycles.